The van der Waals surface area contributed by atoms with Crippen molar-refractivity contribution in [2.75, 3.05) is 38.6 Å². The van der Waals surface area contributed by atoms with Crippen LogP contribution in [0.15, 0.2) is 47.4 Å². The van der Waals surface area contributed by atoms with Crippen molar-refractivity contribution in [1.82, 2.24) is 9.62 Å². The summed E-state index contributed by atoms with van der Waals surface area (Å²) < 4.78 is 28.7. The maximum Gasteiger partial charge on any atom is 0.240 e. The molecule has 5 nitrogen and oxygen atoms in total. The zero-order valence-corrected chi connectivity index (χ0v) is 18.1. The quantitative estimate of drug-likeness (QED) is 0.772. The van der Waals surface area contributed by atoms with Gasteiger partial charge >= 0.3 is 0 Å². The average Bonchev–Trinajstić information content (AvgIpc) is 3.16. The lowest BCUT2D eigenvalue weighted by atomic mass is 10.1. The zero-order valence-electron chi connectivity index (χ0n) is 17.3. The van der Waals surface area contributed by atoms with E-state index in [0.717, 1.165) is 48.3 Å². The highest BCUT2D eigenvalue weighted by Crippen LogP contribution is 2.27. The Morgan fingerprint density at radius 1 is 1.04 bits per heavy atom. The van der Waals surface area contributed by atoms with Crippen LogP contribution in [-0.2, 0) is 10.0 Å². The molecule has 2 aromatic carbocycles. The minimum atomic E-state index is -3.55. The molecule has 0 amide bonds. The Kier molecular flexibility index (Phi) is 6.43. The summed E-state index contributed by atoms with van der Waals surface area (Å²) in [6.07, 6.45) is 2.33. The molecule has 1 N–H and O–H groups in total. The summed E-state index contributed by atoms with van der Waals surface area (Å²) in [6, 6.07) is 13.9. The Bertz CT molecular complexity index is 902. The molecule has 0 bridgehead atoms. The molecule has 0 aliphatic carbocycles. The van der Waals surface area contributed by atoms with Crippen LogP contribution < -0.4 is 9.62 Å². The minimum absolute atomic E-state index is 0.0410. The monoisotopic (exact) mass is 401 g/mol. The first-order chi connectivity index (χ1) is 13.3. The highest BCUT2D eigenvalue weighted by molar-refractivity contribution is 7.89. The second-order valence-electron chi connectivity index (χ2n) is 7.87. The van der Waals surface area contributed by atoms with Gasteiger partial charge in [-0.2, -0.15) is 0 Å². The highest BCUT2D eigenvalue weighted by Gasteiger charge is 2.26. The van der Waals surface area contributed by atoms with Gasteiger partial charge in [0.15, 0.2) is 0 Å². The number of nitrogens with zero attached hydrogens (tertiary/aromatic N) is 2. The molecule has 152 valence electrons. The normalized spacial score (nSPS) is 16.3. The van der Waals surface area contributed by atoms with Gasteiger partial charge in [-0.3, -0.25) is 4.90 Å². The smallest absolute Gasteiger partial charge is 0.240 e. The van der Waals surface area contributed by atoms with E-state index in [2.05, 4.69) is 38.8 Å². The molecule has 1 atom stereocenters. The summed E-state index contributed by atoms with van der Waals surface area (Å²) in [4.78, 5) is 4.81. The van der Waals surface area contributed by atoms with Crippen LogP contribution in [0.25, 0.3) is 0 Å². The van der Waals surface area contributed by atoms with E-state index in [4.69, 9.17) is 0 Å². The fourth-order valence-electron chi connectivity index (χ4n) is 3.87. The largest absolute Gasteiger partial charge is 0.378 e. The van der Waals surface area contributed by atoms with E-state index in [1.807, 2.05) is 40.1 Å². The van der Waals surface area contributed by atoms with E-state index < -0.39 is 10.0 Å². The minimum Gasteiger partial charge on any atom is -0.378 e. The molecule has 1 aliphatic rings. The number of rotatable bonds is 7. The first kappa shape index (κ1) is 20.8. The molecule has 0 unspecified atom stereocenters. The molecule has 2 aromatic rings. The van der Waals surface area contributed by atoms with Crippen LogP contribution in [-0.4, -0.2) is 47.0 Å². The van der Waals surface area contributed by atoms with Gasteiger partial charge in [-0.1, -0.05) is 29.8 Å². The summed E-state index contributed by atoms with van der Waals surface area (Å²) in [5, 5.41) is 0. The second-order valence-corrected chi connectivity index (χ2v) is 9.60. The number of anilines is 1. The van der Waals surface area contributed by atoms with Crippen LogP contribution in [0, 0.1) is 13.8 Å². The van der Waals surface area contributed by atoms with Gasteiger partial charge in [-0.15, -0.1) is 0 Å². The van der Waals surface area contributed by atoms with Gasteiger partial charge in [0, 0.05) is 32.4 Å². The molecule has 0 spiro atoms. The zero-order chi connectivity index (χ0) is 20.3. The fourth-order valence-corrected chi connectivity index (χ4v) is 5.14. The van der Waals surface area contributed by atoms with Crippen molar-refractivity contribution in [1.29, 1.82) is 0 Å². The third-order valence-electron chi connectivity index (χ3n) is 5.46. The number of hydrogen-bond acceptors (Lipinski definition) is 4. The lowest BCUT2D eigenvalue weighted by Crippen LogP contribution is -2.37. The number of nitrogens with one attached hydrogen (secondary N) is 1. The highest BCUT2D eigenvalue weighted by atomic mass is 32.2. The Labute approximate surface area is 169 Å². The second kappa shape index (κ2) is 8.64. The van der Waals surface area contributed by atoms with Crippen molar-refractivity contribution in [3.05, 3.63) is 59.2 Å². The van der Waals surface area contributed by atoms with Crippen LogP contribution in [0.5, 0.6) is 0 Å². The lowest BCUT2D eigenvalue weighted by Gasteiger charge is -2.28. The van der Waals surface area contributed by atoms with Crippen LogP contribution >= 0.6 is 0 Å². The molecule has 3 rings (SSSR count). The summed E-state index contributed by atoms with van der Waals surface area (Å²) >= 11 is 0. The average molecular weight is 402 g/mol. The Hall–Kier alpha value is -1.89. The number of sulfonamides is 1. The Morgan fingerprint density at radius 2 is 1.68 bits per heavy atom. The molecule has 6 heteroatoms. The predicted molar refractivity (Wildman–Crippen MR) is 115 cm³/mol. The summed E-state index contributed by atoms with van der Waals surface area (Å²) in [5.41, 5.74) is 4.13. The topological polar surface area (TPSA) is 52.7 Å². The first-order valence-corrected chi connectivity index (χ1v) is 11.3. The number of hydrogen-bond donors (Lipinski definition) is 1. The molecular formula is C22H31N3O2S. The van der Waals surface area contributed by atoms with Gasteiger partial charge in [0.1, 0.15) is 0 Å². The molecule has 1 aliphatic heterocycles. The Morgan fingerprint density at radius 3 is 2.25 bits per heavy atom. The van der Waals surface area contributed by atoms with Gasteiger partial charge in [0.25, 0.3) is 0 Å². The van der Waals surface area contributed by atoms with Crippen molar-refractivity contribution >= 4 is 15.7 Å². The maximum atomic E-state index is 12.9. The van der Waals surface area contributed by atoms with Gasteiger partial charge in [0.05, 0.1) is 4.90 Å². The van der Waals surface area contributed by atoms with E-state index in [-0.39, 0.29) is 6.04 Å². The molecule has 1 saturated heterocycles. The van der Waals surface area contributed by atoms with E-state index in [9.17, 15) is 8.42 Å². The Balaban J connectivity index is 1.81. The molecular weight excluding hydrogens is 370 g/mol. The number of aryl methyl sites for hydroxylation is 2. The molecule has 28 heavy (non-hydrogen) atoms. The third kappa shape index (κ3) is 4.74. The van der Waals surface area contributed by atoms with Crippen molar-refractivity contribution in [2.24, 2.45) is 0 Å². The summed E-state index contributed by atoms with van der Waals surface area (Å²) in [6.45, 7) is 6.20. The van der Waals surface area contributed by atoms with Crippen molar-refractivity contribution in [2.45, 2.75) is 37.6 Å². The van der Waals surface area contributed by atoms with Crippen LogP contribution in [0.3, 0.4) is 0 Å². The van der Waals surface area contributed by atoms with Gasteiger partial charge < -0.3 is 4.90 Å². The molecule has 0 radical (unpaired) electrons. The summed E-state index contributed by atoms with van der Waals surface area (Å²) in [5.74, 6) is 0. The number of likely N-dealkylation sites (tertiary alicyclic amines) is 1. The maximum absolute atomic E-state index is 12.9. The van der Waals surface area contributed by atoms with Gasteiger partial charge in [0.2, 0.25) is 10.0 Å². The first-order valence-electron chi connectivity index (χ1n) is 9.86. The van der Waals surface area contributed by atoms with Crippen LogP contribution in [0.2, 0.25) is 0 Å². The van der Waals surface area contributed by atoms with Crippen molar-refractivity contribution in [3.63, 3.8) is 0 Å². The predicted octanol–water partition coefficient (Wildman–Crippen LogP) is 3.48. The molecule has 0 saturated carbocycles. The van der Waals surface area contributed by atoms with Crippen LogP contribution in [0.4, 0.5) is 5.69 Å². The van der Waals surface area contributed by atoms with E-state index in [1.165, 1.54) is 0 Å². The fraction of sp³-hybridized carbons (Fsp3) is 0.455. The van der Waals surface area contributed by atoms with Gasteiger partial charge in [-0.05, 0) is 69.1 Å². The molecule has 0 aromatic heterocycles. The van der Waals surface area contributed by atoms with E-state index >= 15 is 0 Å². The lowest BCUT2D eigenvalue weighted by molar-refractivity contribution is 0.246. The number of benzene rings is 2. The van der Waals surface area contributed by atoms with E-state index in [0.29, 0.717) is 11.4 Å². The van der Waals surface area contributed by atoms with E-state index in [1.54, 1.807) is 6.07 Å². The SMILES string of the molecule is Cc1ccc(S(=O)(=O)NC[C@@H](c2ccc(N(C)C)cc2)N2CCCC2)c(C)c1. The standard InChI is InChI=1S/C22H31N3O2S/c1-17-7-12-22(18(2)15-17)28(26,27)23-16-21(25-13-5-6-14-25)19-8-10-20(11-9-19)24(3)4/h7-12,15,21,23H,5-6,13-14,16H2,1-4H3/t21-/m0/s1. The van der Waals surface area contributed by atoms with Crippen molar-refractivity contribution in [3.8, 4) is 0 Å². The third-order valence-corrected chi connectivity index (χ3v) is 7.05. The van der Waals surface area contributed by atoms with Crippen LogP contribution in [0.1, 0.15) is 35.6 Å². The van der Waals surface area contributed by atoms with Gasteiger partial charge in [-0.25, -0.2) is 13.1 Å². The molecule has 1 fully saturated rings. The molecule has 1 heterocycles. The van der Waals surface area contributed by atoms with Crippen molar-refractivity contribution < 1.29 is 8.42 Å². The summed E-state index contributed by atoms with van der Waals surface area (Å²) in [7, 11) is 0.491.